The van der Waals surface area contributed by atoms with Gasteiger partial charge in [-0.2, -0.15) is 0 Å². The normalized spacial score (nSPS) is 11.4. The smallest absolute Gasteiger partial charge is 0.327 e. The Hall–Kier alpha value is -2.10. The van der Waals surface area contributed by atoms with E-state index in [1.165, 1.54) is 11.8 Å². The predicted octanol–water partition coefficient (Wildman–Crippen LogP) is 3.08. The molecule has 2 rings (SSSR count). The van der Waals surface area contributed by atoms with Crippen LogP contribution in [0.3, 0.4) is 0 Å². The molecule has 0 aromatic carbocycles. The Morgan fingerprint density at radius 3 is 3.05 bits per heavy atom. The molecule has 0 unspecified atom stereocenters. The quantitative estimate of drug-likeness (QED) is 0.613. The summed E-state index contributed by atoms with van der Waals surface area (Å²) in [6, 6.07) is 6.23. The standard InChI is InChI=1S/C15H18N2O2/c18-15(19)10-5-3-1-2-4-7-13-8-6-9-14-11-16-12-17(13)14/h5-6,8-12H,1-4,7H2,(H,18,19). The zero-order chi connectivity index (χ0) is 13.5. The lowest BCUT2D eigenvalue weighted by molar-refractivity contribution is -0.131. The number of nitrogens with zero attached hydrogens (tertiary/aromatic N) is 2. The van der Waals surface area contributed by atoms with Crippen LogP contribution in [0.25, 0.3) is 5.52 Å². The summed E-state index contributed by atoms with van der Waals surface area (Å²) in [6.07, 6.45) is 11.8. The first-order chi connectivity index (χ1) is 9.27. The van der Waals surface area contributed by atoms with Crippen LogP contribution in [0, 0.1) is 0 Å². The van der Waals surface area contributed by atoms with E-state index in [0.29, 0.717) is 0 Å². The fourth-order valence-corrected chi connectivity index (χ4v) is 2.14. The van der Waals surface area contributed by atoms with E-state index in [-0.39, 0.29) is 0 Å². The van der Waals surface area contributed by atoms with Crippen molar-refractivity contribution in [2.75, 3.05) is 0 Å². The van der Waals surface area contributed by atoms with Crippen LogP contribution < -0.4 is 0 Å². The van der Waals surface area contributed by atoms with E-state index < -0.39 is 5.97 Å². The van der Waals surface area contributed by atoms with Crippen molar-refractivity contribution >= 4 is 11.5 Å². The average Bonchev–Trinajstić information content (AvgIpc) is 2.86. The summed E-state index contributed by atoms with van der Waals surface area (Å²) in [5.74, 6) is -0.869. The fourth-order valence-electron chi connectivity index (χ4n) is 2.14. The van der Waals surface area contributed by atoms with Gasteiger partial charge in [-0.1, -0.05) is 18.6 Å². The van der Waals surface area contributed by atoms with E-state index in [1.807, 2.05) is 18.6 Å². The molecule has 1 N–H and O–H groups in total. The minimum Gasteiger partial charge on any atom is -0.478 e. The molecule has 2 aromatic rings. The Morgan fingerprint density at radius 2 is 2.21 bits per heavy atom. The third kappa shape index (κ3) is 3.95. The molecular weight excluding hydrogens is 240 g/mol. The highest BCUT2D eigenvalue weighted by Gasteiger charge is 1.99. The number of hydrogen-bond donors (Lipinski definition) is 1. The molecule has 0 saturated carbocycles. The number of aliphatic carboxylic acids is 1. The third-order valence-electron chi connectivity index (χ3n) is 3.10. The van der Waals surface area contributed by atoms with Crippen molar-refractivity contribution in [3.63, 3.8) is 0 Å². The highest BCUT2D eigenvalue weighted by Crippen LogP contribution is 2.11. The van der Waals surface area contributed by atoms with Crippen molar-refractivity contribution in [1.29, 1.82) is 0 Å². The molecule has 0 bridgehead atoms. The molecule has 0 aliphatic heterocycles. The van der Waals surface area contributed by atoms with Crippen molar-refractivity contribution in [2.24, 2.45) is 0 Å². The van der Waals surface area contributed by atoms with Crippen LogP contribution in [0.15, 0.2) is 42.9 Å². The zero-order valence-electron chi connectivity index (χ0n) is 10.8. The number of aryl methyl sites for hydroxylation is 1. The number of imidazole rings is 1. The van der Waals surface area contributed by atoms with Crippen molar-refractivity contribution in [1.82, 2.24) is 9.38 Å². The molecular formula is C15H18N2O2. The van der Waals surface area contributed by atoms with Gasteiger partial charge < -0.3 is 9.51 Å². The maximum Gasteiger partial charge on any atom is 0.327 e. The van der Waals surface area contributed by atoms with Gasteiger partial charge in [-0.25, -0.2) is 9.78 Å². The van der Waals surface area contributed by atoms with Crippen LogP contribution in [0.4, 0.5) is 0 Å². The van der Waals surface area contributed by atoms with Gasteiger partial charge in [0.2, 0.25) is 0 Å². The number of allylic oxidation sites excluding steroid dienone is 1. The number of hydrogen-bond acceptors (Lipinski definition) is 2. The molecule has 4 heteroatoms. The molecule has 0 amide bonds. The molecule has 2 aromatic heterocycles. The van der Waals surface area contributed by atoms with Crippen LogP contribution in [0.2, 0.25) is 0 Å². The topological polar surface area (TPSA) is 54.6 Å². The van der Waals surface area contributed by atoms with Crippen LogP contribution >= 0.6 is 0 Å². The van der Waals surface area contributed by atoms with Crippen LogP contribution in [-0.4, -0.2) is 20.5 Å². The highest BCUT2D eigenvalue weighted by atomic mass is 16.4. The Balaban J connectivity index is 1.74. The average molecular weight is 258 g/mol. The molecule has 0 aliphatic rings. The Kier molecular flexibility index (Phi) is 4.72. The maximum atomic E-state index is 10.3. The predicted molar refractivity (Wildman–Crippen MR) is 74.1 cm³/mol. The molecule has 2 heterocycles. The minimum absolute atomic E-state index is 0.835. The summed E-state index contributed by atoms with van der Waals surface area (Å²) in [4.78, 5) is 14.4. The van der Waals surface area contributed by atoms with Gasteiger partial charge in [0.15, 0.2) is 0 Å². The number of carboxylic acids is 1. The van der Waals surface area contributed by atoms with Crippen LogP contribution in [-0.2, 0) is 11.2 Å². The summed E-state index contributed by atoms with van der Waals surface area (Å²) in [6.45, 7) is 0. The molecule has 0 fully saturated rings. The number of unbranched alkanes of at least 4 members (excludes halogenated alkanes) is 3. The van der Waals surface area contributed by atoms with Gasteiger partial charge in [0.05, 0.1) is 18.0 Å². The lowest BCUT2D eigenvalue weighted by Crippen LogP contribution is -1.95. The number of aromatic nitrogens is 2. The second-order valence-electron chi connectivity index (χ2n) is 4.55. The Bertz CT molecular complexity index is 572. The van der Waals surface area contributed by atoms with Gasteiger partial charge in [0, 0.05) is 11.8 Å². The summed E-state index contributed by atoms with van der Waals surface area (Å²) in [5, 5.41) is 8.45. The Morgan fingerprint density at radius 1 is 1.32 bits per heavy atom. The number of fused-ring (bicyclic) bond motifs is 1. The number of rotatable bonds is 7. The van der Waals surface area contributed by atoms with Gasteiger partial charge in [-0.05, 0) is 37.8 Å². The van der Waals surface area contributed by atoms with Crippen LogP contribution in [0.1, 0.15) is 31.4 Å². The monoisotopic (exact) mass is 258 g/mol. The SMILES string of the molecule is O=C(O)C=CCCCCCc1cccc2cncn12. The third-order valence-corrected chi connectivity index (χ3v) is 3.10. The van der Waals surface area contributed by atoms with Gasteiger partial charge in [0.1, 0.15) is 0 Å². The van der Waals surface area contributed by atoms with Crippen molar-refractivity contribution < 1.29 is 9.90 Å². The maximum absolute atomic E-state index is 10.3. The second-order valence-corrected chi connectivity index (χ2v) is 4.55. The molecule has 0 spiro atoms. The second kappa shape index (κ2) is 6.73. The summed E-state index contributed by atoms with van der Waals surface area (Å²) >= 11 is 0. The fraction of sp³-hybridized carbons (Fsp3) is 0.333. The van der Waals surface area contributed by atoms with Crippen molar-refractivity contribution in [3.05, 3.63) is 48.6 Å². The van der Waals surface area contributed by atoms with Crippen molar-refractivity contribution in [3.8, 4) is 0 Å². The van der Waals surface area contributed by atoms with E-state index in [9.17, 15) is 4.79 Å². The van der Waals surface area contributed by atoms with E-state index >= 15 is 0 Å². The van der Waals surface area contributed by atoms with Crippen molar-refractivity contribution in [2.45, 2.75) is 32.1 Å². The van der Waals surface area contributed by atoms with E-state index in [2.05, 4.69) is 21.5 Å². The van der Waals surface area contributed by atoms with Gasteiger partial charge in [-0.3, -0.25) is 0 Å². The first-order valence-electron chi connectivity index (χ1n) is 6.57. The lowest BCUT2D eigenvalue weighted by atomic mass is 10.1. The minimum atomic E-state index is -0.869. The van der Waals surface area contributed by atoms with Gasteiger partial charge in [0.25, 0.3) is 0 Å². The zero-order valence-corrected chi connectivity index (χ0v) is 10.8. The van der Waals surface area contributed by atoms with Gasteiger partial charge >= 0.3 is 5.97 Å². The first kappa shape index (κ1) is 13.3. The number of pyridine rings is 1. The van der Waals surface area contributed by atoms with Crippen LogP contribution in [0.5, 0.6) is 0 Å². The lowest BCUT2D eigenvalue weighted by Gasteiger charge is -2.04. The first-order valence-corrected chi connectivity index (χ1v) is 6.57. The molecule has 100 valence electrons. The van der Waals surface area contributed by atoms with E-state index in [4.69, 9.17) is 5.11 Å². The molecule has 0 radical (unpaired) electrons. The molecule has 4 nitrogen and oxygen atoms in total. The molecule has 0 atom stereocenters. The molecule has 0 saturated heterocycles. The van der Waals surface area contributed by atoms with Gasteiger partial charge in [-0.15, -0.1) is 0 Å². The highest BCUT2D eigenvalue weighted by molar-refractivity contribution is 5.79. The largest absolute Gasteiger partial charge is 0.478 e. The Labute approximate surface area is 112 Å². The summed E-state index contributed by atoms with van der Waals surface area (Å²) in [5.41, 5.74) is 2.40. The number of carbonyl (C=O) groups is 1. The van der Waals surface area contributed by atoms with E-state index in [1.54, 1.807) is 6.08 Å². The molecule has 0 aliphatic carbocycles. The van der Waals surface area contributed by atoms with E-state index in [0.717, 1.165) is 37.6 Å². The number of carboxylic acid groups (broad SMARTS) is 1. The summed E-state index contributed by atoms with van der Waals surface area (Å²) in [7, 11) is 0. The summed E-state index contributed by atoms with van der Waals surface area (Å²) < 4.78 is 2.12. The molecule has 19 heavy (non-hydrogen) atoms.